The van der Waals surface area contributed by atoms with Crippen molar-refractivity contribution >= 4 is 23.1 Å². The first-order valence-electron chi connectivity index (χ1n) is 5.54. The Morgan fingerprint density at radius 2 is 1.50 bits per heavy atom. The maximum absolute atomic E-state index is 13.3. The zero-order valence-electron chi connectivity index (χ0n) is 10.1. The van der Waals surface area contributed by atoms with Crippen LogP contribution >= 0.6 is 0 Å². The van der Waals surface area contributed by atoms with Crippen LogP contribution in [0.15, 0.2) is 36.4 Å². The number of urea groups is 1. The van der Waals surface area contributed by atoms with Crippen LogP contribution in [0.4, 0.5) is 35.0 Å². The molecule has 0 aliphatic rings. The summed E-state index contributed by atoms with van der Waals surface area (Å²) in [4.78, 5) is 11.6. The standard InChI is InChI=1S/C13H10F3N3O/c14-7-2-4-11(9(16)5-7)18-13(20)19-12-6-8(15)1-3-10(12)17/h1-6H,17H2,(H2,18,19,20). The fraction of sp³-hybridized carbons (Fsp3) is 0. The van der Waals surface area contributed by atoms with Crippen LogP contribution in [0.3, 0.4) is 0 Å². The van der Waals surface area contributed by atoms with Gasteiger partial charge >= 0.3 is 6.03 Å². The Bertz CT molecular complexity index is 661. The molecule has 2 rings (SSSR count). The number of nitrogen functional groups attached to an aromatic ring is 1. The molecule has 2 amide bonds. The molecule has 0 unspecified atom stereocenters. The molecule has 4 N–H and O–H groups in total. The highest BCUT2D eigenvalue weighted by Crippen LogP contribution is 2.20. The Hall–Kier alpha value is -2.70. The summed E-state index contributed by atoms with van der Waals surface area (Å²) in [6.07, 6.45) is 0. The van der Waals surface area contributed by atoms with Gasteiger partial charge in [0.1, 0.15) is 17.5 Å². The van der Waals surface area contributed by atoms with Gasteiger partial charge in [-0.1, -0.05) is 0 Å². The van der Waals surface area contributed by atoms with Crippen LogP contribution in [0.2, 0.25) is 0 Å². The SMILES string of the molecule is Nc1ccc(F)cc1NC(=O)Nc1ccc(F)cc1F. The van der Waals surface area contributed by atoms with Crippen molar-refractivity contribution < 1.29 is 18.0 Å². The molecule has 4 nitrogen and oxygen atoms in total. The first-order valence-corrected chi connectivity index (χ1v) is 5.54. The van der Waals surface area contributed by atoms with Crippen LogP contribution in [0.1, 0.15) is 0 Å². The van der Waals surface area contributed by atoms with Crippen molar-refractivity contribution in [1.29, 1.82) is 0 Å². The van der Waals surface area contributed by atoms with E-state index in [1.165, 1.54) is 6.07 Å². The van der Waals surface area contributed by atoms with Gasteiger partial charge < -0.3 is 16.4 Å². The average molecular weight is 281 g/mol. The summed E-state index contributed by atoms with van der Waals surface area (Å²) in [7, 11) is 0. The second-order valence-corrected chi connectivity index (χ2v) is 3.93. The van der Waals surface area contributed by atoms with E-state index < -0.39 is 23.5 Å². The number of amides is 2. The van der Waals surface area contributed by atoms with E-state index in [1.807, 2.05) is 0 Å². The van der Waals surface area contributed by atoms with Gasteiger partial charge in [-0.05, 0) is 30.3 Å². The van der Waals surface area contributed by atoms with Crippen molar-refractivity contribution in [2.45, 2.75) is 0 Å². The predicted molar refractivity (Wildman–Crippen MR) is 69.8 cm³/mol. The van der Waals surface area contributed by atoms with Crippen LogP contribution in [0.5, 0.6) is 0 Å². The van der Waals surface area contributed by atoms with Gasteiger partial charge in [0.2, 0.25) is 0 Å². The van der Waals surface area contributed by atoms with E-state index in [1.54, 1.807) is 0 Å². The number of benzene rings is 2. The molecule has 0 aromatic heterocycles. The van der Waals surface area contributed by atoms with Crippen LogP contribution in [-0.2, 0) is 0 Å². The Labute approximate surface area is 112 Å². The lowest BCUT2D eigenvalue weighted by atomic mass is 10.2. The number of carbonyl (C=O) groups is 1. The number of rotatable bonds is 2. The number of halogens is 3. The monoisotopic (exact) mass is 281 g/mol. The predicted octanol–water partition coefficient (Wildman–Crippen LogP) is 3.33. The molecular weight excluding hydrogens is 271 g/mol. The van der Waals surface area contributed by atoms with Gasteiger partial charge in [0.25, 0.3) is 0 Å². The van der Waals surface area contributed by atoms with E-state index in [9.17, 15) is 18.0 Å². The van der Waals surface area contributed by atoms with E-state index in [4.69, 9.17) is 5.73 Å². The molecule has 0 fully saturated rings. The highest BCUT2D eigenvalue weighted by molar-refractivity contribution is 6.01. The van der Waals surface area contributed by atoms with E-state index in [0.717, 1.165) is 24.3 Å². The van der Waals surface area contributed by atoms with E-state index >= 15 is 0 Å². The molecule has 2 aromatic carbocycles. The summed E-state index contributed by atoms with van der Waals surface area (Å²) < 4.78 is 39.0. The Morgan fingerprint density at radius 1 is 0.900 bits per heavy atom. The van der Waals surface area contributed by atoms with Crippen LogP contribution < -0.4 is 16.4 Å². The summed E-state index contributed by atoms with van der Waals surface area (Å²) in [5.41, 5.74) is 5.54. The van der Waals surface area contributed by atoms with Crippen LogP contribution in [0.25, 0.3) is 0 Å². The molecular formula is C13H10F3N3O. The third-order valence-electron chi connectivity index (χ3n) is 2.44. The normalized spacial score (nSPS) is 10.2. The van der Waals surface area contributed by atoms with Crippen molar-refractivity contribution in [3.63, 3.8) is 0 Å². The zero-order valence-corrected chi connectivity index (χ0v) is 10.1. The van der Waals surface area contributed by atoms with Gasteiger partial charge in [0, 0.05) is 6.07 Å². The fourth-order valence-electron chi connectivity index (χ4n) is 1.50. The smallest absolute Gasteiger partial charge is 0.323 e. The number of nitrogens with two attached hydrogens (primary N) is 1. The molecule has 0 spiro atoms. The summed E-state index contributed by atoms with van der Waals surface area (Å²) in [6, 6.07) is 5.31. The molecule has 0 saturated heterocycles. The van der Waals surface area contributed by atoms with Gasteiger partial charge in [0.15, 0.2) is 0 Å². The first-order chi connectivity index (χ1) is 9.45. The lowest BCUT2D eigenvalue weighted by Crippen LogP contribution is -2.21. The molecule has 0 aliphatic carbocycles. The number of hydrogen-bond acceptors (Lipinski definition) is 2. The van der Waals surface area contributed by atoms with Crippen molar-refractivity contribution in [1.82, 2.24) is 0 Å². The third-order valence-corrected chi connectivity index (χ3v) is 2.44. The quantitative estimate of drug-likeness (QED) is 0.739. The van der Waals surface area contributed by atoms with Gasteiger partial charge in [-0.15, -0.1) is 0 Å². The average Bonchev–Trinajstić information content (AvgIpc) is 2.37. The molecule has 0 saturated carbocycles. The molecule has 0 radical (unpaired) electrons. The number of nitrogens with one attached hydrogen (secondary N) is 2. The Morgan fingerprint density at radius 3 is 2.20 bits per heavy atom. The lowest BCUT2D eigenvalue weighted by molar-refractivity contribution is 0.262. The Balaban J connectivity index is 2.11. The van der Waals surface area contributed by atoms with Crippen LogP contribution in [0, 0.1) is 17.5 Å². The minimum Gasteiger partial charge on any atom is -0.397 e. The summed E-state index contributed by atoms with van der Waals surface area (Å²) in [5.74, 6) is -2.27. The molecule has 104 valence electrons. The van der Waals surface area contributed by atoms with Gasteiger partial charge in [-0.25, -0.2) is 18.0 Å². The van der Waals surface area contributed by atoms with E-state index in [2.05, 4.69) is 10.6 Å². The first kappa shape index (κ1) is 13.7. The van der Waals surface area contributed by atoms with Crippen molar-refractivity contribution in [3.05, 3.63) is 53.8 Å². The third kappa shape index (κ3) is 3.19. The largest absolute Gasteiger partial charge is 0.397 e. The van der Waals surface area contributed by atoms with Crippen molar-refractivity contribution in [2.24, 2.45) is 0 Å². The topological polar surface area (TPSA) is 67.1 Å². The molecule has 0 aliphatic heterocycles. The highest BCUT2D eigenvalue weighted by atomic mass is 19.1. The zero-order chi connectivity index (χ0) is 14.7. The molecule has 0 bridgehead atoms. The number of carbonyl (C=O) groups excluding carboxylic acids is 1. The number of hydrogen-bond donors (Lipinski definition) is 3. The maximum atomic E-state index is 13.3. The minimum absolute atomic E-state index is 0.0463. The fourth-order valence-corrected chi connectivity index (χ4v) is 1.50. The van der Waals surface area contributed by atoms with Gasteiger partial charge in [0.05, 0.1) is 17.1 Å². The summed E-state index contributed by atoms with van der Waals surface area (Å²) in [5, 5.41) is 4.43. The molecule has 0 heterocycles. The van der Waals surface area contributed by atoms with Gasteiger partial charge in [-0.3, -0.25) is 0 Å². The number of anilines is 3. The minimum atomic E-state index is -0.924. The summed E-state index contributed by atoms with van der Waals surface area (Å²) in [6.45, 7) is 0. The lowest BCUT2D eigenvalue weighted by Gasteiger charge is -2.10. The van der Waals surface area contributed by atoms with Crippen LogP contribution in [-0.4, -0.2) is 6.03 Å². The highest BCUT2D eigenvalue weighted by Gasteiger charge is 2.10. The second kappa shape index (κ2) is 5.52. The Kier molecular flexibility index (Phi) is 3.79. The molecule has 0 atom stereocenters. The van der Waals surface area contributed by atoms with E-state index in [0.29, 0.717) is 6.07 Å². The van der Waals surface area contributed by atoms with E-state index in [-0.39, 0.29) is 17.1 Å². The van der Waals surface area contributed by atoms with Crippen molar-refractivity contribution in [3.8, 4) is 0 Å². The molecule has 2 aromatic rings. The molecule has 7 heteroatoms. The molecule has 20 heavy (non-hydrogen) atoms. The second-order valence-electron chi connectivity index (χ2n) is 3.93. The van der Waals surface area contributed by atoms with Crippen molar-refractivity contribution in [2.75, 3.05) is 16.4 Å². The maximum Gasteiger partial charge on any atom is 0.323 e. The van der Waals surface area contributed by atoms with Gasteiger partial charge in [-0.2, -0.15) is 0 Å². The summed E-state index contributed by atoms with van der Waals surface area (Å²) >= 11 is 0.